The Hall–Kier alpha value is -1.27. The maximum absolute atomic E-state index is 11.6. The number of hydrogen-bond donors (Lipinski definition) is 1. The number of anilines is 1. The molecule has 5 nitrogen and oxygen atoms in total. The Morgan fingerprint density at radius 2 is 2.13 bits per heavy atom. The summed E-state index contributed by atoms with van der Waals surface area (Å²) in [4.78, 5) is 0. The fourth-order valence-electron chi connectivity index (χ4n) is 1.56. The van der Waals surface area contributed by atoms with Crippen LogP contribution >= 0.6 is 0 Å². The lowest BCUT2D eigenvalue weighted by atomic mass is 10.3. The van der Waals surface area contributed by atoms with Crippen LogP contribution in [0.1, 0.15) is 0 Å². The molecule has 1 aliphatic heterocycles. The molecule has 2 rings (SSSR count). The van der Waals surface area contributed by atoms with Gasteiger partial charge in [0.2, 0.25) is 0 Å². The number of ether oxygens (including phenoxy) is 1. The van der Waals surface area contributed by atoms with Gasteiger partial charge in [-0.3, -0.25) is 4.31 Å². The number of nitrogens with one attached hydrogen (secondary N) is 1. The summed E-state index contributed by atoms with van der Waals surface area (Å²) >= 11 is 0. The van der Waals surface area contributed by atoms with Crippen LogP contribution in [0.2, 0.25) is 0 Å². The molecular weight excluding hydrogens is 216 g/mol. The molecule has 6 heteroatoms. The van der Waals surface area contributed by atoms with Gasteiger partial charge in [0.05, 0.1) is 12.8 Å². The Morgan fingerprint density at radius 3 is 2.73 bits per heavy atom. The van der Waals surface area contributed by atoms with Gasteiger partial charge in [0, 0.05) is 13.1 Å². The lowest BCUT2D eigenvalue weighted by Crippen LogP contribution is -2.29. The van der Waals surface area contributed by atoms with Crippen molar-refractivity contribution in [1.29, 1.82) is 0 Å². The lowest BCUT2D eigenvalue weighted by Gasteiger charge is -2.18. The first-order chi connectivity index (χ1) is 7.15. The minimum atomic E-state index is -3.37. The van der Waals surface area contributed by atoms with E-state index in [2.05, 4.69) is 4.72 Å². The van der Waals surface area contributed by atoms with Crippen molar-refractivity contribution >= 4 is 15.9 Å². The zero-order valence-electron chi connectivity index (χ0n) is 8.30. The average molecular weight is 228 g/mol. The minimum Gasteiger partial charge on any atom is -0.495 e. The number of para-hydroxylation sites is 2. The van der Waals surface area contributed by atoms with Gasteiger partial charge in [-0.05, 0) is 12.1 Å². The van der Waals surface area contributed by atoms with Crippen LogP contribution in [-0.4, -0.2) is 28.6 Å². The van der Waals surface area contributed by atoms with Crippen molar-refractivity contribution in [2.45, 2.75) is 0 Å². The fourth-order valence-corrected chi connectivity index (χ4v) is 2.81. The monoisotopic (exact) mass is 228 g/mol. The number of hydrogen-bond acceptors (Lipinski definition) is 3. The highest BCUT2D eigenvalue weighted by Gasteiger charge is 2.29. The fraction of sp³-hybridized carbons (Fsp3) is 0.333. The molecule has 0 aromatic heterocycles. The summed E-state index contributed by atoms with van der Waals surface area (Å²) in [6.07, 6.45) is 0. The number of methoxy groups -OCH3 is 1. The number of nitrogens with zero attached hydrogens (tertiary/aromatic N) is 1. The molecule has 0 saturated carbocycles. The van der Waals surface area contributed by atoms with Crippen molar-refractivity contribution in [3.05, 3.63) is 24.3 Å². The van der Waals surface area contributed by atoms with E-state index in [-0.39, 0.29) is 0 Å². The second kappa shape index (κ2) is 3.71. The van der Waals surface area contributed by atoms with E-state index in [0.717, 1.165) is 0 Å². The predicted molar refractivity (Wildman–Crippen MR) is 57.3 cm³/mol. The maximum Gasteiger partial charge on any atom is 0.301 e. The second-order valence-corrected chi connectivity index (χ2v) is 4.82. The zero-order valence-corrected chi connectivity index (χ0v) is 9.12. The summed E-state index contributed by atoms with van der Waals surface area (Å²) in [5, 5.41) is 0. The van der Waals surface area contributed by atoms with Gasteiger partial charge >= 0.3 is 10.2 Å². The normalized spacial score (nSPS) is 19.1. The molecule has 0 radical (unpaired) electrons. The second-order valence-electron chi connectivity index (χ2n) is 3.14. The van der Waals surface area contributed by atoms with Crippen molar-refractivity contribution in [1.82, 2.24) is 4.72 Å². The highest BCUT2D eigenvalue weighted by atomic mass is 32.2. The maximum atomic E-state index is 11.6. The van der Waals surface area contributed by atoms with E-state index >= 15 is 0 Å². The molecule has 0 bridgehead atoms. The summed E-state index contributed by atoms with van der Waals surface area (Å²) < 4.78 is 32.0. The largest absolute Gasteiger partial charge is 0.495 e. The molecule has 1 N–H and O–H groups in total. The molecule has 1 saturated heterocycles. The standard InChI is InChI=1S/C9H12N2O3S/c1-14-9-5-3-2-4-8(9)11-7-6-10-15(11,12)13/h2-5,10H,6-7H2,1H3. The Balaban J connectivity index is 2.45. The van der Waals surface area contributed by atoms with Gasteiger partial charge in [0.1, 0.15) is 5.75 Å². The van der Waals surface area contributed by atoms with Crippen LogP contribution in [0.15, 0.2) is 24.3 Å². The molecule has 0 unspecified atom stereocenters. The Kier molecular flexibility index (Phi) is 2.54. The quantitative estimate of drug-likeness (QED) is 0.794. The summed E-state index contributed by atoms with van der Waals surface area (Å²) in [5.74, 6) is 0.560. The van der Waals surface area contributed by atoms with Gasteiger partial charge < -0.3 is 4.74 Å². The zero-order chi connectivity index (χ0) is 10.9. The van der Waals surface area contributed by atoms with E-state index in [9.17, 15) is 8.42 Å². The van der Waals surface area contributed by atoms with Crippen LogP contribution in [0.5, 0.6) is 5.75 Å². The molecule has 1 fully saturated rings. The van der Waals surface area contributed by atoms with Gasteiger partial charge in [0.25, 0.3) is 0 Å². The molecule has 1 aromatic rings. The third kappa shape index (κ3) is 1.78. The van der Waals surface area contributed by atoms with E-state index in [4.69, 9.17) is 4.74 Å². The number of rotatable bonds is 2. The Bertz CT molecular complexity index is 458. The van der Waals surface area contributed by atoms with Gasteiger partial charge in [-0.25, -0.2) is 0 Å². The van der Waals surface area contributed by atoms with Crippen LogP contribution in [-0.2, 0) is 10.2 Å². The van der Waals surface area contributed by atoms with Crippen molar-refractivity contribution in [3.8, 4) is 5.75 Å². The van der Waals surface area contributed by atoms with Gasteiger partial charge in [-0.15, -0.1) is 0 Å². The van der Waals surface area contributed by atoms with Crippen LogP contribution in [0.4, 0.5) is 5.69 Å². The molecule has 1 aromatic carbocycles. The molecule has 0 amide bonds. The van der Waals surface area contributed by atoms with Crippen molar-refractivity contribution in [2.24, 2.45) is 0 Å². The Morgan fingerprint density at radius 1 is 1.40 bits per heavy atom. The van der Waals surface area contributed by atoms with Crippen molar-refractivity contribution < 1.29 is 13.2 Å². The summed E-state index contributed by atoms with van der Waals surface area (Å²) in [7, 11) is -1.85. The molecule has 82 valence electrons. The van der Waals surface area contributed by atoms with E-state index < -0.39 is 10.2 Å². The first kappa shape index (κ1) is 10.3. The summed E-state index contributed by atoms with van der Waals surface area (Å²) in [5.41, 5.74) is 0.574. The smallest absolute Gasteiger partial charge is 0.301 e. The molecule has 0 aliphatic carbocycles. The van der Waals surface area contributed by atoms with Crippen LogP contribution in [0.3, 0.4) is 0 Å². The molecule has 1 aliphatic rings. The Labute approximate surface area is 88.8 Å². The summed E-state index contributed by atoms with van der Waals surface area (Å²) in [6, 6.07) is 7.05. The molecule has 0 spiro atoms. The van der Waals surface area contributed by atoms with Gasteiger partial charge in [0.15, 0.2) is 0 Å². The van der Waals surface area contributed by atoms with E-state index in [1.165, 1.54) is 11.4 Å². The molecular formula is C9H12N2O3S. The third-order valence-electron chi connectivity index (χ3n) is 2.24. The topological polar surface area (TPSA) is 58.6 Å². The SMILES string of the molecule is COc1ccccc1N1CCNS1(=O)=O. The van der Waals surface area contributed by atoms with E-state index in [0.29, 0.717) is 24.5 Å². The van der Waals surface area contributed by atoms with Crippen molar-refractivity contribution in [3.63, 3.8) is 0 Å². The van der Waals surface area contributed by atoms with Crippen LogP contribution in [0.25, 0.3) is 0 Å². The van der Waals surface area contributed by atoms with E-state index in [1.807, 2.05) is 0 Å². The first-order valence-electron chi connectivity index (χ1n) is 4.55. The van der Waals surface area contributed by atoms with Gasteiger partial charge in [-0.1, -0.05) is 12.1 Å². The van der Waals surface area contributed by atoms with Gasteiger partial charge in [-0.2, -0.15) is 13.1 Å². The highest BCUT2D eigenvalue weighted by molar-refractivity contribution is 7.91. The lowest BCUT2D eigenvalue weighted by molar-refractivity contribution is 0.415. The minimum absolute atomic E-state index is 0.431. The average Bonchev–Trinajstić information content (AvgIpc) is 2.58. The van der Waals surface area contributed by atoms with Crippen LogP contribution in [0, 0.1) is 0 Å². The van der Waals surface area contributed by atoms with E-state index in [1.54, 1.807) is 24.3 Å². The molecule has 0 atom stereocenters. The molecule has 1 heterocycles. The van der Waals surface area contributed by atoms with Crippen LogP contribution < -0.4 is 13.8 Å². The summed E-state index contributed by atoms with van der Waals surface area (Å²) in [6.45, 7) is 0.864. The predicted octanol–water partition coefficient (Wildman–Crippen LogP) is 0.350. The molecule has 15 heavy (non-hydrogen) atoms. The highest BCUT2D eigenvalue weighted by Crippen LogP contribution is 2.30. The first-order valence-corrected chi connectivity index (χ1v) is 5.99. The third-order valence-corrected chi connectivity index (χ3v) is 3.77. The number of benzene rings is 1. The van der Waals surface area contributed by atoms with Crippen molar-refractivity contribution in [2.75, 3.05) is 24.5 Å².